The molecule has 1 nitrogen and oxygen atoms in total. The van der Waals surface area contributed by atoms with E-state index in [0.717, 1.165) is 5.69 Å². The molecule has 0 aliphatic heterocycles. The van der Waals surface area contributed by atoms with E-state index in [0.29, 0.717) is 0 Å². The van der Waals surface area contributed by atoms with Crippen LogP contribution >= 0.6 is 23.7 Å². The lowest BCUT2D eigenvalue weighted by Crippen LogP contribution is -1.84. The average Bonchev–Trinajstić information content (AvgIpc) is 2.51. The Balaban J connectivity index is 0.000000980. The van der Waals surface area contributed by atoms with Crippen molar-refractivity contribution in [1.82, 2.24) is 0 Å². The van der Waals surface area contributed by atoms with Crippen LogP contribution in [0.5, 0.6) is 0 Å². The van der Waals surface area contributed by atoms with E-state index < -0.39 is 0 Å². The Labute approximate surface area is 94.0 Å². The minimum absolute atomic E-state index is 0. The number of thiophene rings is 1. The normalized spacial score (nSPS) is 9.50. The number of benzene rings is 1. The van der Waals surface area contributed by atoms with E-state index in [-0.39, 0.29) is 12.4 Å². The topological polar surface area (TPSA) is 26.0 Å². The van der Waals surface area contributed by atoms with Gasteiger partial charge in [-0.15, -0.1) is 23.7 Å². The number of nitrogens with two attached hydrogens (primary N) is 1. The lowest BCUT2D eigenvalue weighted by molar-refractivity contribution is 1.54. The fourth-order valence-corrected chi connectivity index (χ4v) is 2.27. The van der Waals surface area contributed by atoms with Gasteiger partial charge < -0.3 is 5.73 Å². The summed E-state index contributed by atoms with van der Waals surface area (Å²) in [5.41, 5.74) is 9.07. The number of rotatable bonds is 1. The summed E-state index contributed by atoms with van der Waals surface area (Å²) in [6.45, 7) is 2.12. The van der Waals surface area contributed by atoms with E-state index in [9.17, 15) is 0 Å². The highest BCUT2D eigenvalue weighted by molar-refractivity contribution is 7.13. The van der Waals surface area contributed by atoms with Crippen molar-refractivity contribution in [1.29, 1.82) is 0 Å². The minimum atomic E-state index is 0. The SMILES string of the molecule is Cc1ccsc1-c1cccc(N)c1.Cl. The Morgan fingerprint density at radius 3 is 2.57 bits per heavy atom. The van der Waals surface area contributed by atoms with Crippen LogP contribution in [0.15, 0.2) is 35.7 Å². The van der Waals surface area contributed by atoms with Crippen molar-refractivity contribution < 1.29 is 0 Å². The van der Waals surface area contributed by atoms with E-state index >= 15 is 0 Å². The second-order valence-corrected chi connectivity index (χ2v) is 3.97. The molecule has 0 fully saturated rings. The monoisotopic (exact) mass is 225 g/mol. The van der Waals surface area contributed by atoms with Gasteiger partial charge in [0.05, 0.1) is 0 Å². The summed E-state index contributed by atoms with van der Waals surface area (Å²) < 4.78 is 0. The van der Waals surface area contributed by atoms with Gasteiger partial charge >= 0.3 is 0 Å². The molecule has 0 spiro atoms. The van der Waals surface area contributed by atoms with Crippen LogP contribution in [0.4, 0.5) is 5.69 Å². The summed E-state index contributed by atoms with van der Waals surface area (Å²) in [4.78, 5) is 1.31. The molecule has 0 radical (unpaired) electrons. The quantitative estimate of drug-likeness (QED) is 0.736. The van der Waals surface area contributed by atoms with Gasteiger partial charge in [0.15, 0.2) is 0 Å². The van der Waals surface area contributed by atoms with E-state index in [2.05, 4.69) is 24.4 Å². The highest BCUT2D eigenvalue weighted by Crippen LogP contribution is 2.29. The van der Waals surface area contributed by atoms with Crippen molar-refractivity contribution in [3.8, 4) is 10.4 Å². The summed E-state index contributed by atoms with van der Waals surface area (Å²) in [7, 11) is 0. The predicted molar refractivity (Wildman–Crippen MR) is 66.2 cm³/mol. The third-order valence-electron chi connectivity index (χ3n) is 2.01. The Hall–Kier alpha value is -0.990. The van der Waals surface area contributed by atoms with Crippen molar-refractivity contribution in [2.75, 3.05) is 5.73 Å². The van der Waals surface area contributed by atoms with Gasteiger partial charge in [-0.05, 0) is 41.6 Å². The smallest absolute Gasteiger partial charge is 0.0372 e. The summed E-state index contributed by atoms with van der Waals surface area (Å²) >= 11 is 1.76. The highest BCUT2D eigenvalue weighted by Gasteiger charge is 2.02. The largest absolute Gasteiger partial charge is 0.399 e. The van der Waals surface area contributed by atoms with E-state index in [4.69, 9.17) is 5.73 Å². The Morgan fingerprint density at radius 2 is 2.00 bits per heavy atom. The number of anilines is 1. The zero-order valence-corrected chi connectivity index (χ0v) is 9.49. The second-order valence-electron chi connectivity index (χ2n) is 3.06. The van der Waals surface area contributed by atoms with Crippen molar-refractivity contribution in [2.45, 2.75) is 6.92 Å². The average molecular weight is 226 g/mol. The van der Waals surface area contributed by atoms with Gasteiger partial charge in [0.2, 0.25) is 0 Å². The number of hydrogen-bond acceptors (Lipinski definition) is 2. The molecule has 3 heteroatoms. The first kappa shape index (κ1) is 11.1. The van der Waals surface area contributed by atoms with E-state index in [1.165, 1.54) is 16.0 Å². The maximum atomic E-state index is 5.72. The first-order valence-electron chi connectivity index (χ1n) is 4.17. The van der Waals surface area contributed by atoms with Crippen molar-refractivity contribution in [3.05, 3.63) is 41.3 Å². The van der Waals surface area contributed by atoms with Gasteiger partial charge in [0.1, 0.15) is 0 Å². The number of hydrogen-bond donors (Lipinski definition) is 1. The maximum Gasteiger partial charge on any atom is 0.0372 e. The third kappa shape index (κ3) is 2.08. The van der Waals surface area contributed by atoms with Gasteiger partial charge in [-0.25, -0.2) is 0 Å². The lowest BCUT2D eigenvalue weighted by Gasteiger charge is -2.00. The molecular weight excluding hydrogens is 214 g/mol. The summed E-state index contributed by atoms with van der Waals surface area (Å²) in [5, 5.41) is 2.11. The van der Waals surface area contributed by atoms with Crippen molar-refractivity contribution in [3.63, 3.8) is 0 Å². The van der Waals surface area contributed by atoms with Crippen LogP contribution in [0, 0.1) is 6.92 Å². The maximum absolute atomic E-state index is 5.72. The molecule has 0 unspecified atom stereocenters. The molecular formula is C11H12ClNS. The van der Waals surface area contributed by atoms with Crippen molar-refractivity contribution >= 4 is 29.4 Å². The van der Waals surface area contributed by atoms with Crippen LogP contribution in [0.3, 0.4) is 0 Å². The van der Waals surface area contributed by atoms with Gasteiger partial charge in [-0.2, -0.15) is 0 Å². The molecule has 0 saturated heterocycles. The van der Waals surface area contributed by atoms with Crippen LogP contribution in [0.2, 0.25) is 0 Å². The molecule has 2 rings (SSSR count). The van der Waals surface area contributed by atoms with Gasteiger partial charge in [0, 0.05) is 10.6 Å². The molecule has 2 aromatic rings. The molecule has 0 aliphatic rings. The molecule has 1 aromatic heterocycles. The molecule has 0 aliphatic carbocycles. The summed E-state index contributed by atoms with van der Waals surface area (Å²) in [6.07, 6.45) is 0. The zero-order chi connectivity index (χ0) is 9.26. The highest BCUT2D eigenvalue weighted by atomic mass is 35.5. The van der Waals surface area contributed by atoms with Crippen LogP contribution in [0.25, 0.3) is 10.4 Å². The number of halogens is 1. The Morgan fingerprint density at radius 1 is 1.21 bits per heavy atom. The number of aryl methyl sites for hydroxylation is 1. The van der Waals surface area contributed by atoms with Crippen LogP contribution in [-0.4, -0.2) is 0 Å². The van der Waals surface area contributed by atoms with Crippen LogP contribution < -0.4 is 5.73 Å². The molecule has 74 valence electrons. The van der Waals surface area contributed by atoms with Gasteiger partial charge in [-0.3, -0.25) is 0 Å². The molecule has 0 bridgehead atoms. The van der Waals surface area contributed by atoms with E-state index in [1.54, 1.807) is 11.3 Å². The molecule has 14 heavy (non-hydrogen) atoms. The Bertz CT molecular complexity index is 423. The molecule has 0 saturated carbocycles. The lowest BCUT2D eigenvalue weighted by atomic mass is 10.1. The van der Waals surface area contributed by atoms with Crippen LogP contribution in [-0.2, 0) is 0 Å². The van der Waals surface area contributed by atoms with Crippen LogP contribution in [0.1, 0.15) is 5.56 Å². The molecule has 0 amide bonds. The van der Waals surface area contributed by atoms with Crippen molar-refractivity contribution in [2.24, 2.45) is 0 Å². The van der Waals surface area contributed by atoms with E-state index in [1.807, 2.05) is 18.2 Å². The third-order valence-corrected chi connectivity index (χ3v) is 3.08. The molecule has 1 aromatic carbocycles. The Kier molecular flexibility index (Phi) is 3.55. The second kappa shape index (κ2) is 4.49. The minimum Gasteiger partial charge on any atom is -0.399 e. The molecule has 0 atom stereocenters. The molecule has 2 N–H and O–H groups in total. The van der Waals surface area contributed by atoms with Gasteiger partial charge in [0.25, 0.3) is 0 Å². The first-order valence-corrected chi connectivity index (χ1v) is 5.05. The first-order chi connectivity index (χ1) is 6.27. The zero-order valence-electron chi connectivity index (χ0n) is 7.86. The fourth-order valence-electron chi connectivity index (χ4n) is 1.35. The van der Waals surface area contributed by atoms with Gasteiger partial charge in [-0.1, -0.05) is 12.1 Å². The standard InChI is InChI=1S/C11H11NS.ClH/c1-8-5-6-13-11(8)9-3-2-4-10(12)7-9;/h2-7H,12H2,1H3;1H. The number of nitrogen functional groups attached to an aromatic ring is 1. The molecule has 1 heterocycles. The fraction of sp³-hybridized carbons (Fsp3) is 0.0909. The predicted octanol–water partition coefficient (Wildman–Crippen LogP) is 3.73. The summed E-state index contributed by atoms with van der Waals surface area (Å²) in [5.74, 6) is 0. The summed E-state index contributed by atoms with van der Waals surface area (Å²) in [6, 6.07) is 10.1.